The Morgan fingerprint density at radius 1 is 1.31 bits per heavy atom. The Balaban J connectivity index is 3.32. The molecule has 2 nitrogen and oxygen atoms in total. The number of halogens is 3. The minimum atomic E-state index is -1.48. The average Bonchev–Trinajstić information content (AvgIpc) is 2.20. The lowest BCUT2D eigenvalue weighted by molar-refractivity contribution is -0.138. The number of alkyl halides is 1. The van der Waals surface area contributed by atoms with Crippen LogP contribution < -0.4 is 0 Å². The third kappa shape index (κ3) is 2.35. The fourth-order valence-corrected chi connectivity index (χ4v) is 1.31. The number of carboxylic acid groups (broad SMARTS) is 1. The molecule has 1 aromatic rings. The second-order valence-electron chi connectivity index (χ2n) is 3.58. The van der Waals surface area contributed by atoms with Crippen LogP contribution in [0.3, 0.4) is 0 Å². The van der Waals surface area contributed by atoms with Crippen molar-refractivity contribution in [2.24, 2.45) is 0 Å². The molecular formula is C11H11F3O2. The number of hydrogen-bond donors (Lipinski definition) is 1. The number of carbonyl (C=O) groups is 1. The van der Waals surface area contributed by atoms with Crippen molar-refractivity contribution in [2.45, 2.75) is 25.9 Å². The van der Waals surface area contributed by atoms with Crippen LogP contribution in [-0.2, 0) is 4.79 Å². The van der Waals surface area contributed by atoms with E-state index in [0.29, 0.717) is 0 Å². The van der Waals surface area contributed by atoms with Crippen LogP contribution in [0.2, 0.25) is 0 Å². The van der Waals surface area contributed by atoms with Crippen LogP contribution in [-0.4, -0.2) is 11.1 Å². The van der Waals surface area contributed by atoms with Crippen molar-refractivity contribution in [3.63, 3.8) is 0 Å². The van der Waals surface area contributed by atoms with Gasteiger partial charge in [0.2, 0.25) is 0 Å². The second kappa shape index (κ2) is 4.55. The molecule has 0 bridgehead atoms. The third-order valence-electron chi connectivity index (χ3n) is 2.37. The van der Waals surface area contributed by atoms with Crippen molar-refractivity contribution in [1.82, 2.24) is 0 Å². The van der Waals surface area contributed by atoms with Crippen LogP contribution in [0.25, 0.3) is 0 Å². The van der Waals surface area contributed by atoms with Gasteiger partial charge >= 0.3 is 5.97 Å². The van der Waals surface area contributed by atoms with Gasteiger partial charge in [0.05, 0.1) is 5.92 Å². The van der Waals surface area contributed by atoms with Crippen LogP contribution in [0.1, 0.15) is 37.1 Å². The Hall–Kier alpha value is -1.52. The van der Waals surface area contributed by atoms with Crippen LogP contribution in [0.15, 0.2) is 12.1 Å². The zero-order chi connectivity index (χ0) is 12.5. The quantitative estimate of drug-likeness (QED) is 0.868. The highest BCUT2D eigenvalue weighted by atomic mass is 19.2. The van der Waals surface area contributed by atoms with Crippen molar-refractivity contribution in [3.8, 4) is 0 Å². The first-order valence-electron chi connectivity index (χ1n) is 4.70. The smallest absolute Gasteiger partial charge is 0.310 e. The van der Waals surface area contributed by atoms with E-state index in [1.165, 1.54) is 13.8 Å². The summed E-state index contributed by atoms with van der Waals surface area (Å²) in [6.07, 6.45) is -1.48. The van der Waals surface area contributed by atoms with E-state index in [9.17, 15) is 18.0 Å². The Labute approximate surface area is 90.7 Å². The molecule has 0 saturated heterocycles. The Morgan fingerprint density at radius 3 is 2.31 bits per heavy atom. The zero-order valence-corrected chi connectivity index (χ0v) is 8.80. The molecule has 2 atom stereocenters. The highest BCUT2D eigenvalue weighted by Gasteiger charge is 2.22. The lowest BCUT2D eigenvalue weighted by Crippen LogP contribution is -2.11. The summed E-state index contributed by atoms with van der Waals surface area (Å²) in [5.41, 5.74) is -0.408. The maximum Gasteiger partial charge on any atom is 0.310 e. The SMILES string of the molecule is CC(F)c1cc(F)c(F)c(C(C)C(=O)O)c1. The first kappa shape index (κ1) is 12.5. The fourth-order valence-electron chi connectivity index (χ4n) is 1.31. The van der Waals surface area contributed by atoms with E-state index in [-0.39, 0.29) is 11.1 Å². The molecule has 88 valence electrons. The highest BCUT2D eigenvalue weighted by molar-refractivity contribution is 5.75. The van der Waals surface area contributed by atoms with Gasteiger partial charge in [0.15, 0.2) is 11.6 Å². The standard InChI is InChI=1S/C11H11F3O2/c1-5(11(15)16)8-3-7(6(2)12)4-9(13)10(8)14/h3-6H,1-2H3,(H,15,16). The predicted octanol–water partition coefficient (Wildman–Crippen LogP) is 3.18. The average molecular weight is 232 g/mol. The molecule has 1 rings (SSSR count). The van der Waals surface area contributed by atoms with Gasteiger partial charge in [0, 0.05) is 5.56 Å². The zero-order valence-electron chi connectivity index (χ0n) is 8.80. The molecular weight excluding hydrogens is 221 g/mol. The molecule has 0 aliphatic rings. The predicted molar refractivity (Wildman–Crippen MR) is 51.9 cm³/mol. The first-order chi connectivity index (χ1) is 7.34. The largest absolute Gasteiger partial charge is 0.481 e. The van der Waals surface area contributed by atoms with E-state index >= 15 is 0 Å². The molecule has 0 spiro atoms. The molecule has 0 amide bonds. The molecule has 0 saturated carbocycles. The summed E-state index contributed by atoms with van der Waals surface area (Å²) in [7, 11) is 0. The molecule has 0 aromatic heterocycles. The van der Waals surface area contributed by atoms with Crippen molar-refractivity contribution in [1.29, 1.82) is 0 Å². The molecule has 0 aliphatic heterocycles. The first-order valence-corrected chi connectivity index (χ1v) is 4.70. The molecule has 1 N–H and O–H groups in total. The summed E-state index contributed by atoms with van der Waals surface area (Å²) in [4.78, 5) is 10.7. The van der Waals surface area contributed by atoms with Gasteiger partial charge in [-0.25, -0.2) is 13.2 Å². The molecule has 0 heterocycles. The number of carboxylic acids is 1. The van der Waals surface area contributed by atoms with Crippen molar-refractivity contribution >= 4 is 5.97 Å². The monoisotopic (exact) mass is 232 g/mol. The van der Waals surface area contributed by atoms with E-state index < -0.39 is 29.7 Å². The molecule has 0 fully saturated rings. The molecule has 0 radical (unpaired) electrons. The second-order valence-corrected chi connectivity index (χ2v) is 3.58. The van der Waals surface area contributed by atoms with Gasteiger partial charge in [-0.2, -0.15) is 0 Å². The van der Waals surface area contributed by atoms with E-state index in [1.807, 2.05) is 0 Å². The van der Waals surface area contributed by atoms with Gasteiger partial charge in [-0.05, 0) is 31.5 Å². The minimum Gasteiger partial charge on any atom is -0.481 e. The summed E-state index contributed by atoms with van der Waals surface area (Å²) < 4.78 is 39.3. The van der Waals surface area contributed by atoms with Gasteiger partial charge < -0.3 is 5.11 Å². The number of benzene rings is 1. The van der Waals surface area contributed by atoms with Gasteiger partial charge in [-0.15, -0.1) is 0 Å². The topological polar surface area (TPSA) is 37.3 Å². The van der Waals surface area contributed by atoms with Crippen molar-refractivity contribution < 1.29 is 23.1 Å². The number of hydrogen-bond acceptors (Lipinski definition) is 1. The Morgan fingerprint density at radius 2 is 1.88 bits per heavy atom. The maximum atomic E-state index is 13.3. The lowest BCUT2D eigenvalue weighted by Gasteiger charge is -2.11. The molecule has 1 aromatic carbocycles. The fraction of sp³-hybridized carbons (Fsp3) is 0.364. The van der Waals surface area contributed by atoms with Gasteiger partial charge in [0.25, 0.3) is 0 Å². The molecule has 5 heteroatoms. The van der Waals surface area contributed by atoms with Crippen LogP contribution in [0.5, 0.6) is 0 Å². The summed E-state index contributed by atoms with van der Waals surface area (Å²) in [6, 6.07) is 1.78. The lowest BCUT2D eigenvalue weighted by atomic mass is 9.97. The van der Waals surface area contributed by atoms with E-state index in [1.54, 1.807) is 0 Å². The number of rotatable bonds is 3. The van der Waals surface area contributed by atoms with Crippen LogP contribution >= 0.6 is 0 Å². The Bertz CT molecular complexity index is 416. The maximum absolute atomic E-state index is 13.3. The Kier molecular flexibility index (Phi) is 3.57. The van der Waals surface area contributed by atoms with Gasteiger partial charge in [-0.3, -0.25) is 4.79 Å². The molecule has 0 aliphatic carbocycles. The summed E-state index contributed by atoms with van der Waals surface area (Å²) in [5, 5.41) is 8.70. The van der Waals surface area contributed by atoms with E-state index in [0.717, 1.165) is 12.1 Å². The normalized spacial score (nSPS) is 14.6. The van der Waals surface area contributed by atoms with E-state index in [4.69, 9.17) is 5.11 Å². The van der Waals surface area contributed by atoms with Crippen LogP contribution in [0, 0.1) is 11.6 Å². The van der Waals surface area contributed by atoms with Crippen LogP contribution in [0.4, 0.5) is 13.2 Å². The van der Waals surface area contributed by atoms with E-state index in [2.05, 4.69) is 0 Å². The third-order valence-corrected chi connectivity index (χ3v) is 2.37. The van der Waals surface area contributed by atoms with Gasteiger partial charge in [-0.1, -0.05) is 0 Å². The summed E-state index contributed by atoms with van der Waals surface area (Å²) >= 11 is 0. The van der Waals surface area contributed by atoms with Crippen molar-refractivity contribution in [3.05, 3.63) is 34.9 Å². The summed E-state index contributed by atoms with van der Waals surface area (Å²) in [5.74, 6) is -4.97. The number of aliphatic carboxylic acids is 1. The molecule has 2 unspecified atom stereocenters. The molecule has 16 heavy (non-hydrogen) atoms. The van der Waals surface area contributed by atoms with Gasteiger partial charge in [0.1, 0.15) is 6.17 Å². The van der Waals surface area contributed by atoms with Crippen molar-refractivity contribution in [2.75, 3.05) is 0 Å². The minimum absolute atomic E-state index is 0.0676. The summed E-state index contributed by atoms with van der Waals surface area (Å²) in [6.45, 7) is 2.38. The highest BCUT2D eigenvalue weighted by Crippen LogP contribution is 2.27.